The van der Waals surface area contributed by atoms with Crippen LogP contribution in [0.25, 0.3) is 0 Å². The second kappa shape index (κ2) is 12.3. The summed E-state index contributed by atoms with van der Waals surface area (Å²) in [4.78, 5) is 13.3. The number of carbonyl (C=O) groups excluding carboxylic acids is 1. The molecule has 0 aliphatic heterocycles. The molecule has 0 aliphatic rings. The SMILES string of the molecule is CCOc1ccc(N(CC(=O)NC(CC)c2ccc(OC)c(C)c2)S(=O)(=O)c2ccc(Br)cc2)cc1. The quantitative estimate of drug-likeness (QED) is 0.321. The first-order chi connectivity index (χ1) is 17.2. The molecule has 3 rings (SSSR count). The average Bonchev–Trinajstić information content (AvgIpc) is 2.87. The summed E-state index contributed by atoms with van der Waals surface area (Å²) in [5.74, 6) is 0.972. The summed E-state index contributed by atoms with van der Waals surface area (Å²) in [6, 6.07) is 18.4. The third-order valence-electron chi connectivity index (χ3n) is 5.69. The summed E-state index contributed by atoms with van der Waals surface area (Å²) in [5, 5.41) is 2.99. The Labute approximate surface area is 221 Å². The minimum absolute atomic E-state index is 0.0882. The van der Waals surface area contributed by atoms with Gasteiger partial charge in [0.25, 0.3) is 10.0 Å². The Bertz CT molecular complexity index is 1280. The van der Waals surface area contributed by atoms with Crippen LogP contribution in [0.15, 0.2) is 76.1 Å². The molecular weight excluding hydrogens is 544 g/mol. The molecule has 3 aromatic rings. The van der Waals surface area contributed by atoms with Crippen molar-refractivity contribution in [2.24, 2.45) is 0 Å². The van der Waals surface area contributed by atoms with E-state index < -0.39 is 15.9 Å². The van der Waals surface area contributed by atoms with Gasteiger partial charge in [-0.3, -0.25) is 9.10 Å². The number of nitrogens with one attached hydrogen (secondary N) is 1. The number of ether oxygens (including phenoxy) is 2. The van der Waals surface area contributed by atoms with Crippen LogP contribution >= 0.6 is 15.9 Å². The number of amides is 1. The van der Waals surface area contributed by atoms with Gasteiger partial charge in [-0.05, 0) is 86.0 Å². The number of sulfonamides is 1. The van der Waals surface area contributed by atoms with Gasteiger partial charge in [-0.2, -0.15) is 0 Å². The van der Waals surface area contributed by atoms with E-state index in [0.717, 1.165) is 25.7 Å². The Morgan fingerprint density at radius 2 is 1.69 bits per heavy atom. The molecule has 7 nitrogen and oxygen atoms in total. The van der Waals surface area contributed by atoms with Gasteiger partial charge < -0.3 is 14.8 Å². The Balaban J connectivity index is 1.90. The first-order valence-corrected chi connectivity index (χ1v) is 13.9. The van der Waals surface area contributed by atoms with Gasteiger partial charge in [0.2, 0.25) is 5.91 Å². The van der Waals surface area contributed by atoms with Crippen LogP contribution in [-0.2, 0) is 14.8 Å². The first-order valence-electron chi connectivity index (χ1n) is 11.6. The molecule has 0 aromatic heterocycles. The maximum atomic E-state index is 13.6. The number of benzene rings is 3. The number of nitrogens with zero attached hydrogens (tertiary/aromatic N) is 1. The minimum atomic E-state index is -4.02. The van der Waals surface area contributed by atoms with E-state index in [-0.39, 0.29) is 17.5 Å². The van der Waals surface area contributed by atoms with Crippen molar-refractivity contribution in [3.05, 3.63) is 82.3 Å². The molecule has 0 saturated carbocycles. The lowest BCUT2D eigenvalue weighted by Crippen LogP contribution is -2.42. The second-order valence-corrected chi connectivity index (χ2v) is 10.9. The molecule has 0 spiro atoms. The van der Waals surface area contributed by atoms with E-state index in [1.165, 1.54) is 12.1 Å². The number of anilines is 1. The Morgan fingerprint density at radius 3 is 2.25 bits per heavy atom. The number of aryl methyl sites for hydroxylation is 1. The standard InChI is InChI=1S/C27H31BrN2O5S/c1-5-25(20-7-16-26(34-4)19(3)17-20)29-27(31)18-30(22-10-12-23(13-11-22)35-6-2)36(32,33)24-14-8-21(28)9-15-24/h7-17,25H,5-6,18H2,1-4H3,(H,29,31). The molecule has 0 aliphatic carbocycles. The topological polar surface area (TPSA) is 84.9 Å². The number of rotatable bonds is 11. The van der Waals surface area contributed by atoms with E-state index in [1.807, 2.05) is 39.0 Å². The van der Waals surface area contributed by atoms with Crippen molar-refractivity contribution in [3.8, 4) is 11.5 Å². The van der Waals surface area contributed by atoms with Crippen LogP contribution in [0, 0.1) is 6.92 Å². The van der Waals surface area contributed by atoms with Gasteiger partial charge in [0.05, 0.1) is 30.3 Å². The van der Waals surface area contributed by atoms with Crippen molar-refractivity contribution in [3.63, 3.8) is 0 Å². The summed E-state index contributed by atoms with van der Waals surface area (Å²) >= 11 is 3.33. The molecule has 1 N–H and O–H groups in total. The third-order valence-corrected chi connectivity index (χ3v) is 8.01. The first kappa shape index (κ1) is 27.5. The Hall–Kier alpha value is -3.04. The molecule has 0 saturated heterocycles. The Morgan fingerprint density at radius 1 is 1.03 bits per heavy atom. The van der Waals surface area contributed by atoms with Gasteiger partial charge in [-0.25, -0.2) is 8.42 Å². The summed E-state index contributed by atoms with van der Waals surface area (Å²) in [6.45, 7) is 5.89. The summed E-state index contributed by atoms with van der Waals surface area (Å²) in [6.07, 6.45) is 0.639. The molecule has 9 heteroatoms. The van der Waals surface area contributed by atoms with Crippen LogP contribution in [0.2, 0.25) is 0 Å². The maximum absolute atomic E-state index is 13.6. The van der Waals surface area contributed by atoms with Crippen LogP contribution in [0.3, 0.4) is 0 Å². The van der Waals surface area contributed by atoms with E-state index in [0.29, 0.717) is 24.5 Å². The molecule has 192 valence electrons. The maximum Gasteiger partial charge on any atom is 0.264 e. The molecular formula is C27H31BrN2O5S. The van der Waals surface area contributed by atoms with Crippen molar-refractivity contribution in [1.29, 1.82) is 0 Å². The largest absolute Gasteiger partial charge is 0.496 e. The van der Waals surface area contributed by atoms with Gasteiger partial charge in [-0.15, -0.1) is 0 Å². The molecule has 3 aromatic carbocycles. The van der Waals surface area contributed by atoms with Crippen LogP contribution in [0.5, 0.6) is 11.5 Å². The van der Waals surface area contributed by atoms with E-state index in [9.17, 15) is 13.2 Å². The Kier molecular flexibility index (Phi) is 9.39. The lowest BCUT2D eigenvalue weighted by molar-refractivity contribution is -0.120. The van der Waals surface area contributed by atoms with Crippen molar-refractivity contribution in [2.45, 2.75) is 38.1 Å². The number of halogens is 1. The zero-order valence-electron chi connectivity index (χ0n) is 20.8. The highest BCUT2D eigenvalue weighted by atomic mass is 79.9. The van der Waals surface area contributed by atoms with Crippen molar-refractivity contribution in [2.75, 3.05) is 24.6 Å². The minimum Gasteiger partial charge on any atom is -0.496 e. The van der Waals surface area contributed by atoms with Gasteiger partial charge in [0.1, 0.15) is 18.0 Å². The number of hydrogen-bond donors (Lipinski definition) is 1. The fraction of sp³-hybridized carbons (Fsp3) is 0.296. The lowest BCUT2D eigenvalue weighted by atomic mass is 10.0. The summed E-state index contributed by atoms with van der Waals surface area (Å²) in [7, 11) is -2.41. The molecule has 1 unspecified atom stereocenters. The van der Waals surface area contributed by atoms with Gasteiger partial charge in [0, 0.05) is 4.47 Å². The van der Waals surface area contributed by atoms with Crippen LogP contribution in [0.4, 0.5) is 5.69 Å². The highest BCUT2D eigenvalue weighted by molar-refractivity contribution is 9.10. The molecule has 0 bridgehead atoms. The molecule has 0 heterocycles. The predicted molar refractivity (Wildman–Crippen MR) is 145 cm³/mol. The number of hydrogen-bond acceptors (Lipinski definition) is 5. The number of carbonyl (C=O) groups is 1. The normalized spacial score (nSPS) is 12.0. The van der Waals surface area contributed by atoms with E-state index in [4.69, 9.17) is 9.47 Å². The highest BCUT2D eigenvalue weighted by Crippen LogP contribution is 2.28. The zero-order valence-corrected chi connectivity index (χ0v) is 23.2. The van der Waals surface area contributed by atoms with Crippen LogP contribution in [0.1, 0.15) is 37.4 Å². The molecule has 36 heavy (non-hydrogen) atoms. The molecule has 1 amide bonds. The lowest BCUT2D eigenvalue weighted by Gasteiger charge is -2.26. The van der Waals surface area contributed by atoms with Crippen molar-refractivity contribution in [1.82, 2.24) is 5.32 Å². The van der Waals surface area contributed by atoms with Gasteiger partial charge >= 0.3 is 0 Å². The van der Waals surface area contributed by atoms with Gasteiger partial charge in [-0.1, -0.05) is 35.0 Å². The molecule has 0 fully saturated rings. The van der Waals surface area contributed by atoms with E-state index >= 15 is 0 Å². The fourth-order valence-corrected chi connectivity index (χ4v) is 5.52. The van der Waals surface area contributed by atoms with Crippen LogP contribution < -0.4 is 19.1 Å². The van der Waals surface area contributed by atoms with Gasteiger partial charge in [0.15, 0.2) is 0 Å². The van der Waals surface area contributed by atoms with Crippen LogP contribution in [-0.4, -0.2) is 34.6 Å². The van der Waals surface area contributed by atoms with E-state index in [2.05, 4.69) is 21.2 Å². The fourth-order valence-electron chi connectivity index (χ4n) is 3.83. The number of methoxy groups -OCH3 is 1. The molecule has 0 radical (unpaired) electrons. The summed E-state index contributed by atoms with van der Waals surface area (Å²) in [5.41, 5.74) is 2.24. The molecule has 1 atom stereocenters. The third kappa shape index (κ3) is 6.59. The average molecular weight is 576 g/mol. The van der Waals surface area contributed by atoms with Crippen molar-refractivity contribution < 1.29 is 22.7 Å². The van der Waals surface area contributed by atoms with Crippen molar-refractivity contribution >= 4 is 37.5 Å². The second-order valence-electron chi connectivity index (χ2n) is 8.15. The highest BCUT2D eigenvalue weighted by Gasteiger charge is 2.28. The monoisotopic (exact) mass is 574 g/mol. The van der Waals surface area contributed by atoms with E-state index in [1.54, 1.807) is 43.5 Å². The summed E-state index contributed by atoms with van der Waals surface area (Å²) < 4.78 is 39.9. The predicted octanol–water partition coefficient (Wildman–Crippen LogP) is 5.63. The smallest absolute Gasteiger partial charge is 0.264 e. The zero-order chi connectivity index (χ0) is 26.3.